The first-order valence-corrected chi connectivity index (χ1v) is 7.64. The smallest absolute Gasteiger partial charge is 0.271 e. The van der Waals surface area contributed by atoms with Gasteiger partial charge in [-0.1, -0.05) is 18.2 Å². The van der Waals surface area contributed by atoms with Gasteiger partial charge in [-0.15, -0.1) is 10.2 Å². The maximum absolute atomic E-state index is 12.9. The van der Waals surface area contributed by atoms with Gasteiger partial charge in [-0.3, -0.25) is 24.4 Å². The Morgan fingerprint density at radius 2 is 1.84 bits per heavy atom. The number of carbonyl (C=O) groups excluding carboxylic acids is 1. The van der Waals surface area contributed by atoms with E-state index in [4.69, 9.17) is 0 Å². The standard InChI is InChI=1S/C17H13N5O3/c1-11-18-19-16-10-17(23)21(12-5-3-2-4-6-12)15-9-13(22(24)25)7-8-14(15)20(11)16/h2-9H,10H2,1H3. The Balaban J connectivity index is 2.03. The van der Waals surface area contributed by atoms with E-state index in [0.717, 1.165) is 0 Å². The molecule has 0 N–H and O–H groups in total. The summed E-state index contributed by atoms with van der Waals surface area (Å²) in [7, 11) is 0. The number of nitro benzene ring substituents is 1. The third kappa shape index (κ3) is 2.35. The quantitative estimate of drug-likeness (QED) is 0.530. The first-order chi connectivity index (χ1) is 12.1. The van der Waals surface area contributed by atoms with E-state index >= 15 is 0 Å². The van der Waals surface area contributed by atoms with Crippen LogP contribution in [0.15, 0.2) is 48.5 Å². The van der Waals surface area contributed by atoms with Crippen LogP contribution in [0, 0.1) is 17.0 Å². The van der Waals surface area contributed by atoms with Crippen molar-refractivity contribution >= 4 is 23.0 Å². The molecule has 1 aliphatic heterocycles. The zero-order chi connectivity index (χ0) is 17.6. The van der Waals surface area contributed by atoms with Gasteiger partial charge in [0.25, 0.3) is 5.69 Å². The second-order valence-electron chi connectivity index (χ2n) is 5.67. The van der Waals surface area contributed by atoms with Crippen molar-refractivity contribution < 1.29 is 9.72 Å². The third-order valence-corrected chi connectivity index (χ3v) is 4.12. The lowest BCUT2D eigenvalue weighted by atomic mass is 10.2. The summed E-state index contributed by atoms with van der Waals surface area (Å²) in [6.45, 7) is 1.78. The van der Waals surface area contributed by atoms with Crippen LogP contribution < -0.4 is 4.90 Å². The van der Waals surface area contributed by atoms with Crippen LogP contribution in [-0.4, -0.2) is 25.6 Å². The van der Waals surface area contributed by atoms with Crippen molar-refractivity contribution in [1.29, 1.82) is 0 Å². The Morgan fingerprint density at radius 1 is 1.08 bits per heavy atom. The molecule has 0 bridgehead atoms. The van der Waals surface area contributed by atoms with Gasteiger partial charge in [-0.25, -0.2) is 0 Å². The molecule has 0 radical (unpaired) electrons. The molecule has 1 aliphatic rings. The first kappa shape index (κ1) is 15.0. The van der Waals surface area contributed by atoms with E-state index in [0.29, 0.717) is 28.7 Å². The maximum Gasteiger partial charge on any atom is 0.271 e. The van der Waals surface area contributed by atoms with Crippen LogP contribution in [0.3, 0.4) is 0 Å². The topological polar surface area (TPSA) is 94.2 Å². The molecule has 0 saturated heterocycles. The molecule has 1 amide bonds. The van der Waals surface area contributed by atoms with Gasteiger partial charge in [0.2, 0.25) is 5.91 Å². The number of hydrogen-bond donors (Lipinski definition) is 0. The summed E-state index contributed by atoms with van der Waals surface area (Å²) in [5.41, 5.74) is 1.64. The average molecular weight is 335 g/mol. The molecule has 25 heavy (non-hydrogen) atoms. The molecule has 0 unspecified atom stereocenters. The van der Waals surface area contributed by atoms with Crippen molar-refractivity contribution in [3.8, 4) is 5.69 Å². The molecule has 0 atom stereocenters. The maximum atomic E-state index is 12.9. The minimum atomic E-state index is -0.473. The highest BCUT2D eigenvalue weighted by Crippen LogP contribution is 2.37. The summed E-state index contributed by atoms with van der Waals surface area (Å²) in [5.74, 6) is 0.906. The number of fused-ring (bicyclic) bond motifs is 3. The third-order valence-electron chi connectivity index (χ3n) is 4.12. The number of aromatic nitrogens is 3. The van der Waals surface area contributed by atoms with Crippen LogP contribution in [0.1, 0.15) is 11.6 Å². The Bertz CT molecular complexity index is 997. The van der Waals surface area contributed by atoms with Gasteiger partial charge in [-0.2, -0.15) is 0 Å². The van der Waals surface area contributed by atoms with E-state index in [1.54, 1.807) is 29.7 Å². The molecule has 2 heterocycles. The number of anilines is 2. The van der Waals surface area contributed by atoms with Gasteiger partial charge in [0, 0.05) is 17.8 Å². The van der Waals surface area contributed by atoms with Crippen LogP contribution in [0.25, 0.3) is 5.69 Å². The molecule has 124 valence electrons. The Hall–Kier alpha value is -3.55. The fraction of sp³-hybridized carbons (Fsp3) is 0.118. The molecule has 4 rings (SSSR count). The van der Waals surface area contributed by atoms with E-state index in [9.17, 15) is 14.9 Å². The molecule has 2 aromatic carbocycles. The summed E-state index contributed by atoms with van der Waals surface area (Å²) in [4.78, 5) is 25.2. The first-order valence-electron chi connectivity index (χ1n) is 7.64. The zero-order valence-electron chi connectivity index (χ0n) is 13.3. The van der Waals surface area contributed by atoms with Crippen molar-refractivity contribution in [2.45, 2.75) is 13.3 Å². The number of rotatable bonds is 2. The lowest BCUT2D eigenvalue weighted by Gasteiger charge is -2.23. The van der Waals surface area contributed by atoms with Crippen molar-refractivity contribution in [3.63, 3.8) is 0 Å². The van der Waals surface area contributed by atoms with Gasteiger partial charge < -0.3 is 0 Å². The summed E-state index contributed by atoms with van der Waals surface area (Å²) in [6.07, 6.45) is 0.0538. The van der Waals surface area contributed by atoms with Crippen LogP contribution in [0.2, 0.25) is 0 Å². The number of amides is 1. The van der Waals surface area contributed by atoms with Gasteiger partial charge in [0.15, 0.2) is 0 Å². The largest absolute Gasteiger partial charge is 0.281 e. The second kappa shape index (κ2) is 5.52. The molecule has 3 aromatic rings. The van der Waals surface area contributed by atoms with E-state index < -0.39 is 4.92 Å². The number of benzene rings is 2. The van der Waals surface area contributed by atoms with Crippen LogP contribution in [0.4, 0.5) is 17.1 Å². The normalized spacial score (nSPS) is 13.2. The van der Waals surface area contributed by atoms with Crippen LogP contribution in [0.5, 0.6) is 0 Å². The highest BCUT2D eigenvalue weighted by molar-refractivity contribution is 6.04. The predicted octanol–water partition coefficient (Wildman–Crippen LogP) is 2.70. The molecule has 0 saturated carbocycles. The number of non-ortho nitro benzene ring substituents is 1. The number of carbonyl (C=O) groups is 1. The average Bonchev–Trinajstić information content (AvgIpc) is 2.90. The summed E-state index contributed by atoms with van der Waals surface area (Å²) >= 11 is 0. The Labute approximate surface area is 142 Å². The molecule has 0 fully saturated rings. The van der Waals surface area contributed by atoms with Gasteiger partial charge >= 0.3 is 0 Å². The Morgan fingerprint density at radius 3 is 2.56 bits per heavy atom. The Kier molecular flexibility index (Phi) is 3.31. The van der Waals surface area contributed by atoms with Gasteiger partial charge in [-0.05, 0) is 25.1 Å². The van der Waals surface area contributed by atoms with Crippen molar-refractivity contribution in [2.24, 2.45) is 0 Å². The predicted molar refractivity (Wildman–Crippen MR) is 90.0 cm³/mol. The van der Waals surface area contributed by atoms with E-state index in [1.165, 1.54) is 17.0 Å². The lowest BCUT2D eigenvalue weighted by Crippen LogP contribution is -2.26. The van der Waals surface area contributed by atoms with E-state index in [-0.39, 0.29) is 18.0 Å². The number of nitro groups is 1. The number of aryl methyl sites for hydroxylation is 1. The van der Waals surface area contributed by atoms with Gasteiger partial charge in [0.05, 0.1) is 22.7 Å². The number of hydrogen-bond acceptors (Lipinski definition) is 5. The molecule has 0 aliphatic carbocycles. The lowest BCUT2D eigenvalue weighted by molar-refractivity contribution is -0.384. The molecule has 1 aromatic heterocycles. The van der Waals surface area contributed by atoms with E-state index in [2.05, 4.69) is 10.2 Å². The summed E-state index contributed by atoms with van der Waals surface area (Å²) in [6, 6.07) is 13.5. The number of nitrogens with zero attached hydrogens (tertiary/aromatic N) is 5. The molecule has 8 heteroatoms. The fourth-order valence-electron chi connectivity index (χ4n) is 3.04. The zero-order valence-corrected chi connectivity index (χ0v) is 13.3. The van der Waals surface area contributed by atoms with Gasteiger partial charge in [0.1, 0.15) is 11.6 Å². The fourth-order valence-corrected chi connectivity index (χ4v) is 3.04. The summed E-state index contributed by atoms with van der Waals surface area (Å²) in [5, 5.41) is 19.4. The highest BCUT2D eigenvalue weighted by atomic mass is 16.6. The second-order valence-corrected chi connectivity index (χ2v) is 5.67. The minimum Gasteiger partial charge on any atom is -0.281 e. The SMILES string of the molecule is Cc1nnc2n1-c1ccc([N+](=O)[O-])cc1N(c1ccccc1)C(=O)C2. The van der Waals surface area contributed by atoms with Crippen molar-refractivity contribution in [2.75, 3.05) is 4.90 Å². The monoisotopic (exact) mass is 335 g/mol. The van der Waals surface area contributed by atoms with Crippen molar-refractivity contribution in [3.05, 3.63) is 70.3 Å². The molecule has 0 spiro atoms. The molecule has 8 nitrogen and oxygen atoms in total. The van der Waals surface area contributed by atoms with E-state index in [1.807, 2.05) is 18.2 Å². The van der Waals surface area contributed by atoms with Crippen molar-refractivity contribution in [1.82, 2.24) is 14.8 Å². The number of para-hydroxylation sites is 1. The molecular formula is C17H13N5O3. The highest BCUT2D eigenvalue weighted by Gasteiger charge is 2.30. The summed E-state index contributed by atoms with van der Waals surface area (Å²) < 4.78 is 1.76. The van der Waals surface area contributed by atoms with Crippen LogP contribution >= 0.6 is 0 Å². The molecular weight excluding hydrogens is 322 g/mol. The van der Waals surface area contributed by atoms with Crippen LogP contribution in [-0.2, 0) is 11.2 Å². The minimum absolute atomic E-state index is 0.0538.